The lowest BCUT2D eigenvalue weighted by Crippen LogP contribution is -2.24. The molecule has 0 spiro atoms. The van der Waals surface area contributed by atoms with E-state index in [2.05, 4.69) is 15.9 Å². The molecule has 2 aliphatic carbocycles. The Bertz CT molecular complexity index is 480. The van der Waals surface area contributed by atoms with Crippen molar-refractivity contribution in [3.05, 3.63) is 34.4 Å². The Balaban J connectivity index is 1.83. The van der Waals surface area contributed by atoms with Crippen molar-refractivity contribution in [2.75, 3.05) is 0 Å². The summed E-state index contributed by atoms with van der Waals surface area (Å²) >= 11 is 5.48. The molecule has 0 saturated heterocycles. The monoisotopic (exact) mass is 327 g/mol. The third-order valence-electron chi connectivity index (χ3n) is 4.07. The molecule has 3 nitrogen and oxygen atoms in total. The molecule has 0 radical (unpaired) electrons. The van der Waals surface area contributed by atoms with E-state index in [9.17, 15) is 10.1 Å². The molecule has 3 rings (SSSR count). The molecule has 0 unspecified atom stereocenters. The number of nitrogens with zero attached hydrogens (tertiary/aromatic N) is 1. The Morgan fingerprint density at radius 1 is 1.28 bits per heavy atom. The van der Waals surface area contributed by atoms with E-state index >= 15 is 0 Å². The first-order valence-corrected chi connectivity index (χ1v) is 8.00. The number of nitro benzene ring substituents is 1. The number of alkyl halides is 1. The highest BCUT2D eigenvalue weighted by Crippen LogP contribution is 2.54. The molecule has 1 aromatic carbocycles. The molecule has 0 aromatic heterocycles. The fraction of sp³-hybridized carbons (Fsp3) is 0.538. The third-order valence-corrected chi connectivity index (χ3v) is 7.28. The third kappa shape index (κ3) is 2.07. The number of rotatable bonds is 3. The first-order valence-electron chi connectivity index (χ1n) is 6.21. The van der Waals surface area contributed by atoms with E-state index in [0.29, 0.717) is 10.1 Å². The molecule has 2 bridgehead atoms. The normalized spacial score (nSPS) is 33.8. The van der Waals surface area contributed by atoms with Gasteiger partial charge in [0, 0.05) is 16.1 Å². The van der Waals surface area contributed by atoms with Crippen molar-refractivity contribution < 1.29 is 4.92 Å². The standard InChI is InChI=1S/C13H14BrNO2S/c14-12-8-5-6-9(7-8)13(12)18-11-4-2-1-3-10(11)15(16)17/h1-4,8-9,12-13H,5-7H2/t8-,9+,12+,13-/m0/s1. The van der Waals surface area contributed by atoms with Crippen LogP contribution in [0, 0.1) is 22.0 Å². The van der Waals surface area contributed by atoms with Crippen LogP contribution in [0.5, 0.6) is 0 Å². The molecule has 0 heterocycles. The van der Waals surface area contributed by atoms with E-state index < -0.39 is 0 Å². The molecule has 2 fully saturated rings. The van der Waals surface area contributed by atoms with Gasteiger partial charge in [-0.05, 0) is 37.2 Å². The molecule has 2 saturated carbocycles. The summed E-state index contributed by atoms with van der Waals surface area (Å²) in [5.74, 6) is 1.50. The minimum Gasteiger partial charge on any atom is -0.258 e. The summed E-state index contributed by atoms with van der Waals surface area (Å²) in [6.07, 6.45) is 3.88. The van der Waals surface area contributed by atoms with Crippen molar-refractivity contribution in [3.63, 3.8) is 0 Å². The van der Waals surface area contributed by atoms with Crippen molar-refractivity contribution in [3.8, 4) is 0 Å². The Hall–Kier alpha value is -0.550. The van der Waals surface area contributed by atoms with Gasteiger partial charge < -0.3 is 0 Å². The molecule has 0 aliphatic heterocycles. The van der Waals surface area contributed by atoms with E-state index in [1.54, 1.807) is 23.9 Å². The quantitative estimate of drug-likeness (QED) is 0.473. The molecular formula is C13H14BrNO2S. The second-order valence-corrected chi connectivity index (χ2v) is 7.36. The Morgan fingerprint density at radius 2 is 2.00 bits per heavy atom. The smallest absolute Gasteiger partial charge is 0.258 e. The second kappa shape index (κ2) is 4.85. The van der Waals surface area contributed by atoms with Crippen LogP contribution in [0.15, 0.2) is 29.2 Å². The fourth-order valence-corrected chi connectivity index (χ4v) is 5.93. The lowest BCUT2D eigenvalue weighted by molar-refractivity contribution is -0.387. The van der Waals surface area contributed by atoms with Gasteiger partial charge in [0.25, 0.3) is 5.69 Å². The molecule has 0 N–H and O–H groups in total. The summed E-state index contributed by atoms with van der Waals surface area (Å²) in [5.41, 5.74) is 0.241. The molecular weight excluding hydrogens is 314 g/mol. The molecule has 1 aromatic rings. The van der Waals surface area contributed by atoms with Gasteiger partial charge in [0.1, 0.15) is 0 Å². The number of nitro groups is 1. The number of para-hydroxylation sites is 1. The van der Waals surface area contributed by atoms with Crippen LogP contribution in [0.2, 0.25) is 0 Å². The molecule has 18 heavy (non-hydrogen) atoms. The predicted octanol–water partition coefficient (Wildman–Crippen LogP) is 4.25. The van der Waals surface area contributed by atoms with E-state index in [1.165, 1.54) is 19.3 Å². The molecule has 2 aliphatic rings. The molecule has 4 atom stereocenters. The molecule has 96 valence electrons. The Morgan fingerprint density at radius 3 is 2.67 bits per heavy atom. The van der Waals surface area contributed by atoms with Gasteiger partial charge in [-0.25, -0.2) is 0 Å². The van der Waals surface area contributed by atoms with Gasteiger partial charge in [-0.1, -0.05) is 28.1 Å². The summed E-state index contributed by atoms with van der Waals surface area (Å²) in [4.78, 5) is 12.1. The Kier molecular flexibility index (Phi) is 3.36. The maximum Gasteiger partial charge on any atom is 0.282 e. The van der Waals surface area contributed by atoms with Gasteiger partial charge in [-0.3, -0.25) is 10.1 Å². The predicted molar refractivity (Wildman–Crippen MR) is 76.3 cm³/mol. The number of halogens is 1. The molecule has 0 amide bonds. The van der Waals surface area contributed by atoms with Crippen LogP contribution >= 0.6 is 27.7 Å². The van der Waals surface area contributed by atoms with Crippen molar-refractivity contribution in [2.24, 2.45) is 11.8 Å². The highest BCUT2D eigenvalue weighted by molar-refractivity contribution is 9.09. The van der Waals surface area contributed by atoms with Gasteiger partial charge in [0.2, 0.25) is 0 Å². The van der Waals surface area contributed by atoms with Crippen LogP contribution in [0.25, 0.3) is 0 Å². The summed E-state index contributed by atoms with van der Waals surface area (Å²) < 4.78 is 0. The van der Waals surface area contributed by atoms with Crippen LogP contribution in [-0.4, -0.2) is 15.0 Å². The zero-order valence-electron chi connectivity index (χ0n) is 9.79. The van der Waals surface area contributed by atoms with Crippen LogP contribution in [0.4, 0.5) is 5.69 Å². The van der Waals surface area contributed by atoms with Crippen LogP contribution in [0.1, 0.15) is 19.3 Å². The number of hydrogen-bond acceptors (Lipinski definition) is 3. The SMILES string of the molecule is O=[N+]([O-])c1ccccc1S[C@H]1[C@@H]2CC[C@@H](C2)[C@H]1Br. The number of thioether (sulfide) groups is 1. The zero-order chi connectivity index (χ0) is 12.7. The van der Waals surface area contributed by atoms with Crippen molar-refractivity contribution in [2.45, 2.75) is 34.2 Å². The number of benzene rings is 1. The first kappa shape index (κ1) is 12.5. The van der Waals surface area contributed by atoms with E-state index in [0.717, 1.165) is 16.7 Å². The van der Waals surface area contributed by atoms with Gasteiger partial charge in [-0.15, -0.1) is 11.8 Å². The Labute approximate surface area is 119 Å². The van der Waals surface area contributed by atoms with Crippen LogP contribution in [0.3, 0.4) is 0 Å². The summed E-state index contributed by atoms with van der Waals surface area (Å²) in [6, 6.07) is 7.08. The maximum atomic E-state index is 11.0. The minimum atomic E-state index is -0.279. The van der Waals surface area contributed by atoms with Gasteiger partial charge >= 0.3 is 0 Å². The van der Waals surface area contributed by atoms with E-state index in [-0.39, 0.29) is 10.6 Å². The zero-order valence-corrected chi connectivity index (χ0v) is 12.2. The fourth-order valence-electron chi connectivity index (χ4n) is 3.18. The van der Waals surface area contributed by atoms with Gasteiger partial charge in [0.15, 0.2) is 0 Å². The van der Waals surface area contributed by atoms with Crippen molar-refractivity contribution >= 4 is 33.4 Å². The average Bonchev–Trinajstić information content (AvgIpc) is 2.93. The highest BCUT2D eigenvalue weighted by atomic mass is 79.9. The second-order valence-electron chi connectivity index (χ2n) is 5.08. The minimum absolute atomic E-state index is 0.241. The summed E-state index contributed by atoms with van der Waals surface area (Å²) in [5, 5.41) is 11.5. The average molecular weight is 328 g/mol. The maximum absolute atomic E-state index is 11.0. The number of fused-ring (bicyclic) bond motifs is 2. The molecule has 5 heteroatoms. The summed E-state index contributed by atoms with van der Waals surface area (Å²) in [7, 11) is 0. The lowest BCUT2D eigenvalue weighted by atomic mass is 10.0. The highest BCUT2D eigenvalue weighted by Gasteiger charge is 2.47. The summed E-state index contributed by atoms with van der Waals surface area (Å²) in [6.45, 7) is 0. The largest absolute Gasteiger partial charge is 0.282 e. The van der Waals surface area contributed by atoms with E-state index in [4.69, 9.17) is 0 Å². The number of hydrogen-bond donors (Lipinski definition) is 0. The van der Waals surface area contributed by atoms with Gasteiger partial charge in [0.05, 0.1) is 9.82 Å². The van der Waals surface area contributed by atoms with Crippen molar-refractivity contribution in [1.82, 2.24) is 0 Å². The van der Waals surface area contributed by atoms with Crippen LogP contribution in [-0.2, 0) is 0 Å². The van der Waals surface area contributed by atoms with Crippen LogP contribution < -0.4 is 0 Å². The van der Waals surface area contributed by atoms with Crippen molar-refractivity contribution in [1.29, 1.82) is 0 Å². The lowest BCUT2D eigenvalue weighted by Gasteiger charge is -2.26. The van der Waals surface area contributed by atoms with E-state index in [1.807, 2.05) is 12.1 Å². The van der Waals surface area contributed by atoms with Gasteiger partial charge in [-0.2, -0.15) is 0 Å². The first-order chi connectivity index (χ1) is 8.66. The topological polar surface area (TPSA) is 43.1 Å².